The predicted molar refractivity (Wildman–Crippen MR) is 59.3 cm³/mol. The lowest BCUT2D eigenvalue weighted by Crippen LogP contribution is -2.27. The Hall–Kier alpha value is -0.860. The molecule has 1 aromatic carbocycles. The summed E-state index contributed by atoms with van der Waals surface area (Å²) in [6.07, 6.45) is -0.289. The molecule has 2 nitrogen and oxygen atoms in total. The molecule has 2 atom stereocenters. The minimum absolute atomic E-state index is 0.289. The topological polar surface area (TPSA) is 32.3 Å². The van der Waals surface area contributed by atoms with E-state index in [0.717, 1.165) is 0 Å². The minimum atomic E-state index is -0.289. The van der Waals surface area contributed by atoms with Crippen molar-refractivity contribution < 1.29 is 5.11 Å². The molecule has 0 radical (unpaired) electrons. The second kappa shape index (κ2) is 5.13. The summed E-state index contributed by atoms with van der Waals surface area (Å²) in [5.74, 6) is 0. The lowest BCUT2D eigenvalue weighted by molar-refractivity contribution is 0.187. The molecule has 0 heterocycles. The number of hydrogen-bond acceptors (Lipinski definition) is 2. The lowest BCUT2D eigenvalue weighted by atomic mass is 10.1. The van der Waals surface area contributed by atoms with Gasteiger partial charge in [0.2, 0.25) is 0 Å². The van der Waals surface area contributed by atoms with Gasteiger partial charge in [0.05, 0.1) is 6.10 Å². The van der Waals surface area contributed by atoms with Crippen LogP contribution in [0.5, 0.6) is 0 Å². The van der Waals surface area contributed by atoms with E-state index in [1.54, 1.807) is 6.92 Å². The smallest absolute Gasteiger partial charge is 0.0636 e. The molecule has 1 rings (SSSR count). The molecule has 0 aliphatic carbocycles. The van der Waals surface area contributed by atoms with Crippen LogP contribution in [0.25, 0.3) is 0 Å². The largest absolute Gasteiger partial charge is 0.392 e. The maximum atomic E-state index is 9.13. The summed E-state index contributed by atoms with van der Waals surface area (Å²) in [6.45, 7) is 6.61. The standard InChI is InChI=1S/C12H19NO/c1-9-4-6-12(7-5-9)11(3)13-8-10(2)14/h4-7,10-11,13-14H,8H2,1-3H3/t10-,11+/m0/s1. The van der Waals surface area contributed by atoms with Crippen LogP contribution in [-0.4, -0.2) is 17.8 Å². The minimum Gasteiger partial charge on any atom is -0.392 e. The van der Waals surface area contributed by atoms with Gasteiger partial charge in [0.1, 0.15) is 0 Å². The maximum absolute atomic E-state index is 9.13. The summed E-state index contributed by atoms with van der Waals surface area (Å²) >= 11 is 0. The highest BCUT2D eigenvalue weighted by atomic mass is 16.3. The number of benzene rings is 1. The first-order valence-corrected chi connectivity index (χ1v) is 5.07. The lowest BCUT2D eigenvalue weighted by Gasteiger charge is -2.15. The van der Waals surface area contributed by atoms with Crippen LogP contribution in [0, 0.1) is 6.92 Å². The van der Waals surface area contributed by atoms with Gasteiger partial charge in [-0.1, -0.05) is 29.8 Å². The molecular weight excluding hydrogens is 174 g/mol. The van der Waals surface area contributed by atoms with Gasteiger partial charge in [0, 0.05) is 12.6 Å². The molecular formula is C12H19NO. The van der Waals surface area contributed by atoms with E-state index in [9.17, 15) is 0 Å². The molecule has 0 spiro atoms. The summed E-state index contributed by atoms with van der Waals surface area (Å²) in [7, 11) is 0. The van der Waals surface area contributed by atoms with Crippen LogP contribution >= 0.6 is 0 Å². The molecule has 78 valence electrons. The first-order chi connectivity index (χ1) is 6.59. The number of hydrogen-bond donors (Lipinski definition) is 2. The van der Waals surface area contributed by atoms with Crippen molar-refractivity contribution in [1.29, 1.82) is 0 Å². The molecule has 1 aromatic rings. The fourth-order valence-corrected chi connectivity index (χ4v) is 1.32. The highest BCUT2D eigenvalue weighted by Gasteiger charge is 2.04. The third kappa shape index (κ3) is 3.48. The molecule has 0 amide bonds. The Labute approximate surface area is 86.0 Å². The van der Waals surface area contributed by atoms with Crippen LogP contribution in [0.2, 0.25) is 0 Å². The molecule has 0 bridgehead atoms. The molecule has 0 fully saturated rings. The van der Waals surface area contributed by atoms with Crippen molar-refractivity contribution in [3.63, 3.8) is 0 Å². The van der Waals surface area contributed by atoms with Crippen molar-refractivity contribution in [3.8, 4) is 0 Å². The van der Waals surface area contributed by atoms with E-state index < -0.39 is 0 Å². The SMILES string of the molecule is Cc1ccc([C@@H](C)NC[C@H](C)O)cc1. The van der Waals surface area contributed by atoms with Gasteiger partial charge in [0.25, 0.3) is 0 Å². The molecule has 0 saturated carbocycles. The molecule has 0 aliphatic heterocycles. The molecule has 14 heavy (non-hydrogen) atoms. The van der Waals surface area contributed by atoms with Gasteiger partial charge >= 0.3 is 0 Å². The monoisotopic (exact) mass is 193 g/mol. The maximum Gasteiger partial charge on any atom is 0.0636 e. The van der Waals surface area contributed by atoms with E-state index in [1.165, 1.54) is 11.1 Å². The molecule has 0 unspecified atom stereocenters. The fraction of sp³-hybridized carbons (Fsp3) is 0.500. The van der Waals surface area contributed by atoms with Gasteiger partial charge in [-0.25, -0.2) is 0 Å². The number of aliphatic hydroxyl groups excluding tert-OH is 1. The quantitative estimate of drug-likeness (QED) is 0.767. The van der Waals surface area contributed by atoms with Crippen LogP contribution in [0.3, 0.4) is 0 Å². The number of rotatable bonds is 4. The van der Waals surface area contributed by atoms with Crippen molar-refractivity contribution >= 4 is 0 Å². The molecule has 0 saturated heterocycles. The number of nitrogens with one attached hydrogen (secondary N) is 1. The zero-order valence-corrected chi connectivity index (χ0v) is 9.12. The molecule has 2 N–H and O–H groups in total. The highest BCUT2D eigenvalue weighted by molar-refractivity contribution is 5.23. The molecule has 0 aliphatic rings. The van der Waals surface area contributed by atoms with E-state index in [0.29, 0.717) is 12.6 Å². The Morgan fingerprint density at radius 1 is 1.21 bits per heavy atom. The zero-order chi connectivity index (χ0) is 10.6. The third-order valence-electron chi connectivity index (χ3n) is 2.30. The summed E-state index contributed by atoms with van der Waals surface area (Å²) in [5, 5.41) is 12.4. The predicted octanol–water partition coefficient (Wildman–Crippen LogP) is 2.03. The second-order valence-corrected chi connectivity index (χ2v) is 3.89. The normalized spacial score (nSPS) is 15.1. The van der Waals surface area contributed by atoms with Crippen LogP contribution in [0.15, 0.2) is 24.3 Å². The van der Waals surface area contributed by atoms with E-state index >= 15 is 0 Å². The van der Waals surface area contributed by atoms with Gasteiger partial charge < -0.3 is 10.4 Å². The average molecular weight is 193 g/mol. The van der Waals surface area contributed by atoms with Gasteiger partial charge in [0.15, 0.2) is 0 Å². The van der Waals surface area contributed by atoms with Crippen LogP contribution in [-0.2, 0) is 0 Å². The first-order valence-electron chi connectivity index (χ1n) is 5.07. The van der Waals surface area contributed by atoms with E-state index in [2.05, 4.69) is 43.4 Å². The van der Waals surface area contributed by atoms with Crippen molar-refractivity contribution in [1.82, 2.24) is 5.32 Å². The van der Waals surface area contributed by atoms with Crippen molar-refractivity contribution in [2.24, 2.45) is 0 Å². The first kappa shape index (κ1) is 11.2. The van der Waals surface area contributed by atoms with Crippen molar-refractivity contribution in [3.05, 3.63) is 35.4 Å². The van der Waals surface area contributed by atoms with Gasteiger partial charge in [-0.2, -0.15) is 0 Å². The van der Waals surface area contributed by atoms with Crippen LogP contribution in [0.1, 0.15) is 31.0 Å². The van der Waals surface area contributed by atoms with Crippen LogP contribution < -0.4 is 5.32 Å². The van der Waals surface area contributed by atoms with Gasteiger partial charge in [-0.05, 0) is 26.3 Å². The van der Waals surface area contributed by atoms with E-state index in [1.807, 2.05) is 0 Å². The zero-order valence-electron chi connectivity index (χ0n) is 9.12. The molecule has 2 heteroatoms. The van der Waals surface area contributed by atoms with Gasteiger partial charge in [-0.15, -0.1) is 0 Å². The second-order valence-electron chi connectivity index (χ2n) is 3.89. The third-order valence-corrected chi connectivity index (χ3v) is 2.30. The van der Waals surface area contributed by atoms with Crippen LogP contribution in [0.4, 0.5) is 0 Å². The van der Waals surface area contributed by atoms with E-state index in [4.69, 9.17) is 5.11 Å². The average Bonchev–Trinajstić information content (AvgIpc) is 2.15. The number of aliphatic hydroxyl groups is 1. The Morgan fingerprint density at radius 3 is 2.29 bits per heavy atom. The van der Waals surface area contributed by atoms with Crippen molar-refractivity contribution in [2.75, 3.05) is 6.54 Å². The summed E-state index contributed by atoms with van der Waals surface area (Å²) < 4.78 is 0. The fourth-order valence-electron chi connectivity index (χ4n) is 1.32. The Balaban J connectivity index is 2.52. The highest BCUT2D eigenvalue weighted by Crippen LogP contribution is 2.12. The summed E-state index contributed by atoms with van der Waals surface area (Å²) in [5.41, 5.74) is 2.53. The van der Waals surface area contributed by atoms with E-state index in [-0.39, 0.29) is 6.10 Å². The Bertz CT molecular complexity index is 266. The summed E-state index contributed by atoms with van der Waals surface area (Å²) in [4.78, 5) is 0. The molecule has 0 aromatic heterocycles. The Morgan fingerprint density at radius 2 is 1.79 bits per heavy atom. The summed E-state index contributed by atoms with van der Waals surface area (Å²) in [6, 6.07) is 8.75. The Kier molecular flexibility index (Phi) is 4.11. The van der Waals surface area contributed by atoms with Crippen molar-refractivity contribution in [2.45, 2.75) is 32.9 Å². The van der Waals surface area contributed by atoms with Gasteiger partial charge in [-0.3, -0.25) is 0 Å². The number of aryl methyl sites for hydroxylation is 1.